The van der Waals surface area contributed by atoms with Crippen molar-refractivity contribution in [3.8, 4) is 0 Å². The number of ether oxygens (including phenoxy) is 1. The molecule has 1 fully saturated rings. The Morgan fingerprint density at radius 1 is 1.10 bits per heavy atom. The Hall–Kier alpha value is -2.22. The van der Waals surface area contributed by atoms with Crippen molar-refractivity contribution in [2.45, 2.75) is 57.8 Å². The molecule has 2 atom stereocenters. The summed E-state index contributed by atoms with van der Waals surface area (Å²) in [6, 6.07) is 14.5. The highest BCUT2D eigenvalue weighted by molar-refractivity contribution is 7.89. The molecule has 0 spiro atoms. The molecule has 1 aliphatic heterocycles. The molecule has 7 heteroatoms. The number of hydrogen-bond donors (Lipinski definition) is 0. The maximum atomic E-state index is 13.3. The molecular weight excluding hydrogens is 412 g/mol. The van der Waals surface area contributed by atoms with E-state index in [1.54, 1.807) is 23.1 Å². The minimum Gasteiger partial charge on any atom is -0.373 e. The van der Waals surface area contributed by atoms with Crippen LogP contribution in [0.2, 0.25) is 0 Å². The first-order valence-corrected chi connectivity index (χ1v) is 12.2. The van der Waals surface area contributed by atoms with Crippen molar-refractivity contribution in [2.24, 2.45) is 0 Å². The predicted octanol–water partition coefficient (Wildman–Crippen LogP) is 3.85. The number of amides is 1. The molecule has 2 aromatic rings. The van der Waals surface area contributed by atoms with E-state index in [1.807, 2.05) is 52.0 Å². The molecule has 0 unspecified atom stereocenters. The standard InChI is InChI=1S/C24H32N2O4S/c1-5-13-25(17-21-11-9-18(2)10-12-21)24(27)22-7-6-8-23(14-22)31(28,29)26-15-19(3)30-20(4)16-26/h6-12,14,19-20H,5,13,15-17H2,1-4H3/t19-,20-/m1/s1. The van der Waals surface area contributed by atoms with Crippen LogP contribution in [-0.4, -0.2) is 55.4 Å². The van der Waals surface area contributed by atoms with Gasteiger partial charge in [0.2, 0.25) is 10.0 Å². The summed E-state index contributed by atoms with van der Waals surface area (Å²) in [7, 11) is -3.70. The molecule has 0 aromatic heterocycles. The van der Waals surface area contributed by atoms with Gasteiger partial charge in [0.1, 0.15) is 0 Å². The van der Waals surface area contributed by atoms with Gasteiger partial charge < -0.3 is 9.64 Å². The van der Waals surface area contributed by atoms with Crippen LogP contribution in [-0.2, 0) is 21.3 Å². The highest BCUT2D eigenvalue weighted by Crippen LogP contribution is 2.23. The molecule has 31 heavy (non-hydrogen) atoms. The Bertz CT molecular complexity index is 994. The molecule has 168 valence electrons. The summed E-state index contributed by atoms with van der Waals surface area (Å²) in [5, 5.41) is 0. The van der Waals surface area contributed by atoms with E-state index in [2.05, 4.69) is 0 Å². The summed E-state index contributed by atoms with van der Waals surface area (Å²) in [4.78, 5) is 15.2. The van der Waals surface area contributed by atoms with Crippen molar-refractivity contribution >= 4 is 15.9 Å². The third-order valence-corrected chi connectivity index (χ3v) is 7.21. The molecule has 0 aliphatic carbocycles. The van der Waals surface area contributed by atoms with E-state index in [9.17, 15) is 13.2 Å². The Labute approximate surface area is 185 Å². The van der Waals surface area contributed by atoms with Gasteiger partial charge in [-0.2, -0.15) is 4.31 Å². The fourth-order valence-electron chi connectivity index (χ4n) is 3.88. The number of sulfonamides is 1. The van der Waals surface area contributed by atoms with E-state index < -0.39 is 10.0 Å². The molecule has 2 aromatic carbocycles. The van der Waals surface area contributed by atoms with E-state index in [-0.39, 0.29) is 23.0 Å². The summed E-state index contributed by atoms with van der Waals surface area (Å²) in [6.07, 6.45) is 0.481. The number of carbonyl (C=O) groups is 1. The summed E-state index contributed by atoms with van der Waals surface area (Å²) in [6.45, 7) is 9.49. The van der Waals surface area contributed by atoms with Gasteiger partial charge in [0.05, 0.1) is 17.1 Å². The Balaban J connectivity index is 1.84. The van der Waals surface area contributed by atoms with E-state index in [4.69, 9.17) is 4.74 Å². The third-order valence-electron chi connectivity index (χ3n) is 5.38. The number of aryl methyl sites for hydroxylation is 1. The second-order valence-electron chi connectivity index (χ2n) is 8.32. The third kappa shape index (κ3) is 5.73. The molecule has 6 nitrogen and oxygen atoms in total. The van der Waals surface area contributed by atoms with Gasteiger partial charge in [-0.15, -0.1) is 0 Å². The molecule has 0 saturated carbocycles. The van der Waals surface area contributed by atoms with Crippen LogP contribution in [0.15, 0.2) is 53.4 Å². The Kier molecular flexibility index (Phi) is 7.51. The van der Waals surface area contributed by atoms with Crippen molar-refractivity contribution in [3.63, 3.8) is 0 Å². The number of morpholine rings is 1. The molecule has 1 amide bonds. The minimum atomic E-state index is -3.70. The normalized spacial score (nSPS) is 19.9. The molecule has 0 N–H and O–H groups in total. The first-order valence-electron chi connectivity index (χ1n) is 10.8. The second-order valence-corrected chi connectivity index (χ2v) is 10.3. The lowest BCUT2D eigenvalue weighted by atomic mass is 10.1. The maximum Gasteiger partial charge on any atom is 0.254 e. The molecule has 0 radical (unpaired) electrons. The Morgan fingerprint density at radius 3 is 2.35 bits per heavy atom. The fraction of sp³-hybridized carbons (Fsp3) is 0.458. The van der Waals surface area contributed by atoms with Crippen LogP contribution in [0.5, 0.6) is 0 Å². The molecule has 1 saturated heterocycles. The van der Waals surface area contributed by atoms with Crippen LogP contribution >= 0.6 is 0 Å². The van der Waals surface area contributed by atoms with Gasteiger partial charge in [-0.3, -0.25) is 4.79 Å². The zero-order valence-electron chi connectivity index (χ0n) is 18.7. The summed E-state index contributed by atoms with van der Waals surface area (Å²) in [5.74, 6) is -0.164. The molecule has 1 heterocycles. The van der Waals surface area contributed by atoms with Crippen LogP contribution in [0.3, 0.4) is 0 Å². The van der Waals surface area contributed by atoms with Crippen molar-refractivity contribution in [3.05, 3.63) is 65.2 Å². The lowest BCUT2D eigenvalue weighted by molar-refractivity contribution is -0.0440. The second kappa shape index (κ2) is 9.94. The van der Waals surface area contributed by atoms with Gasteiger partial charge in [0.25, 0.3) is 5.91 Å². The SMILES string of the molecule is CCCN(Cc1ccc(C)cc1)C(=O)c1cccc(S(=O)(=O)N2C[C@@H](C)O[C@H](C)C2)c1. The van der Waals surface area contributed by atoms with Crippen LogP contribution in [0.4, 0.5) is 0 Å². The highest BCUT2D eigenvalue weighted by Gasteiger charge is 2.32. The van der Waals surface area contributed by atoms with Crippen LogP contribution < -0.4 is 0 Å². The fourth-order valence-corrected chi connectivity index (χ4v) is 5.52. The van der Waals surface area contributed by atoms with Crippen molar-refractivity contribution < 1.29 is 17.9 Å². The van der Waals surface area contributed by atoms with Gasteiger partial charge in [0.15, 0.2) is 0 Å². The van der Waals surface area contributed by atoms with Crippen molar-refractivity contribution in [1.82, 2.24) is 9.21 Å². The van der Waals surface area contributed by atoms with Crippen LogP contribution in [0.25, 0.3) is 0 Å². The monoisotopic (exact) mass is 444 g/mol. The van der Waals surface area contributed by atoms with Crippen LogP contribution in [0, 0.1) is 6.92 Å². The van der Waals surface area contributed by atoms with Crippen LogP contribution in [0.1, 0.15) is 48.7 Å². The number of benzene rings is 2. The molecule has 1 aliphatic rings. The highest BCUT2D eigenvalue weighted by atomic mass is 32.2. The molecular formula is C24H32N2O4S. The van der Waals surface area contributed by atoms with Gasteiger partial charge >= 0.3 is 0 Å². The van der Waals surface area contributed by atoms with Crippen molar-refractivity contribution in [2.75, 3.05) is 19.6 Å². The van der Waals surface area contributed by atoms with E-state index >= 15 is 0 Å². The predicted molar refractivity (Wildman–Crippen MR) is 121 cm³/mol. The number of carbonyl (C=O) groups excluding carboxylic acids is 1. The summed E-state index contributed by atoms with van der Waals surface area (Å²) in [5.41, 5.74) is 2.60. The quantitative estimate of drug-likeness (QED) is 0.651. The van der Waals surface area contributed by atoms with Crippen molar-refractivity contribution in [1.29, 1.82) is 0 Å². The van der Waals surface area contributed by atoms with E-state index in [0.717, 1.165) is 12.0 Å². The van der Waals surface area contributed by atoms with Gasteiger partial charge in [0, 0.05) is 31.7 Å². The molecule has 3 rings (SSSR count). The van der Waals surface area contributed by atoms with Gasteiger partial charge in [-0.1, -0.05) is 42.8 Å². The molecule has 0 bridgehead atoms. The smallest absolute Gasteiger partial charge is 0.254 e. The average molecular weight is 445 g/mol. The Morgan fingerprint density at radius 2 is 1.74 bits per heavy atom. The minimum absolute atomic E-state index is 0.145. The summed E-state index contributed by atoms with van der Waals surface area (Å²) < 4.78 is 33.5. The van der Waals surface area contributed by atoms with Gasteiger partial charge in [-0.25, -0.2) is 8.42 Å². The summed E-state index contributed by atoms with van der Waals surface area (Å²) >= 11 is 0. The first-order chi connectivity index (χ1) is 14.7. The first kappa shape index (κ1) is 23.4. The largest absolute Gasteiger partial charge is 0.373 e. The average Bonchev–Trinajstić information content (AvgIpc) is 2.74. The van der Waals surface area contributed by atoms with E-state index in [0.29, 0.717) is 31.7 Å². The van der Waals surface area contributed by atoms with Gasteiger partial charge in [-0.05, 0) is 51.0 Å². The number of rotatable bonds is 7. The zero-order chi connectivity index (χ0) is 22.6. The maximum absolute atomic E-state index is 13.3. The number of hydrogen-bond acceptors (Lipinski definition) is 4. The lowest BCUT2D eigenvalue weighted by Gasteiger charge is -2.34. The van der Waals surface area contributed by atoms with E-state index in [1.165, 1.54) is 15.9 Å². The number of nitrogens with zero attached hydrogens (tertiary/aromatic N) is 2. The topological polar surface area (TPSA) is 66.9 Å². The zero-order valence-corrected chi connectivity index (χ0v) is 19.6. The lowest BCUT2D eigenvalue weighted by Crippen LogP contribution is -2.48.